The van der Waals surface area contributed by atoms with E-state index in [0.717, 1.165) is 6.54 Å². The van der Waals surface area contributed by atoms with Crippen LogP contribution in [-0.4, -0.2) is 6.54 Å². The van der Waals surface area contributed by atoms with Gasteiger partial charge in [0.15, 0.2) is 0 Å². The molecule has 0 amide bonds. The highest BCUT2D eigenvalue weighted by molar-refractivity contribution is 5.19. The summed E-state index contributed by atoms with van der Waals surface area (Å²) in [5.41, 5.74) is 2.82. The fraction of sp³-hybridized carbons (Fsp3) is 0.500. The van der Waals surface area contributed by atoms with E-state index in [4.69, 9.17) is 0 Å². The molecule has 0 heterocycles. The van der Waals surface area contributed by atoms with Gasteiger partial charge in [-0.1, -0.05) is 63.3 Å². The van der Waals surface area contributed by atoms with Crippen molar-refractivity contribution >= 4 is 0 Å². The first-order chi connectivity index (χ1) is 10.1. The van der Waals surface area contributed by atoms with Gasteiger partial charge in [-0.3, -0.25) is 0 Å². The van der Waals surface area contributed by atoms with Gasteiger partial charge in [0.1, 0.15) is 0 Å². The van der Waals surface area contributed by atoms with E-state index in [-0.39, 0.29) is 0 Å². The quantitative estimate of drug-likeness (QED) is 0.603. The Morgan fingerprint density at radius 1 is 1.14 bits per heavy atom. The van der Waals surface area contributed by atoms with Crippen molar-refractivity contribution in [2.24, 2.45) is 11.8 Å². The van der Waals surface area contributed by atoms with Crippen molar-refractivity contribution in [2.45, 2.75) is 47.0 Å². The molecule has 1 aromatic rings. The van der Waals surface area contributed by atoms with E-state index in [1.807, 2.05) is 0 Å². The van der Waals surface area contributed by atoms with Crippen molar-refractivity contribution < 1.29 is 0 Å². The Bertz CT molecular complexity index is 428. The summed E-state index contributed by atoms with van der Waals surface area (Å²) in [5, 5.41) is 3.49. The highest BCUT2D eigenvalue weighted by Crippen LogP contribution is 2.12. The minimum Gasteiger partial charge on any atom is -0.390 e. The summed E-state index contributed by atoms with van der Waals surface area (Å²) in [6, 6.07) is 10.8. The molecule has 0 saturated heterocycles. The van der Waals surface area contributed by atoms with Crippen LogP contribution in [0.4, 0.5) is 0 Å². The first kappa shape index (κ1) is 17.6. The first-order valence-electron chi connectivity index (χ1n) is 8.23. The molecule has 0 radical (unpaired) electrons. The molecular formula is C20H31N. The van der Waals surface area contributed by atoms with Gasteiger partial charge in [0.25, 0.3) is 0 Å². The van der Waals surface area contributed by atoms with E-state index in [2.05, 4.69) is 81.7 Å². The molecule has 0 aliphatic heterocycles. The summed E-state index contributed by atoms with van der Waals surface area (Å²) in [7, 11) is 0. The molecule has 1 unspecified atom stereocenters. The van der Waals surface area contributed by atoms with Crippen molar-refractivity contribution in [3.63, 3.8) is 0 Å². The number of allylic oxidation sites excluding steroid dienone is 3. The SMILES string of the molecule is C/C=C\C(=C\NCC(C)CCCc1ccccc1)C(C)C. The van der Waals surface area contributed by atoms with Crippen LogP contribution in [0.1, 0.15) is 46.1 Å². The van der Waals surface area contributed by atoms with Crippen LogP contribution in [0, 0.1) is 11.8 Å². The lowest BCUT2D eigenvalue weighted by molar-refractivity contribution is 0.493. The largest absolute Gasteiger partial charge is 0.390 e. The molecule has 0 bridgehead atoms. The third-order valence-electron chi connectivity index (χ3n) is 3.77. The molecule has 116 valence electrons. The molecule has 1 heteroatoms. The van der Waals surface area contributed by atoms with Gasteiger partial charge in [0.05, 0.1) is 0 Å². The average Bonchev–Trinajstić information content (AvgIpc) is 2.47. The third-order valence-corrected chi connectivity index (χ3v) is 3.77. The van der Waals surface area contributed by atoms with Crippen LogP contribution in [0.3, 0.4) is 0 Å². The Morgan fingerprint density at radius 2 is 1.86 bits per heavy atom. The summed E-state index contributed by atoms with van der Waals surface area (Å²) >= 11 is 0. The van der Waals surface area contributed by atoms with Crippen molar-refractivity contribution in [1.29, 1.82) is 0 Å². The van der Waals surface area contributed by atoms with Crippen LogP contribution >= 0.6 is 0 Å². The zero-order valence-electron chi connectivity index (χ0n) is 14.1. The summed E-state index contributed by atoms with van der Waals surface area (Å²) in [6.07, 6.45) is 10.2. The maximum atomic E-state index is 3.49. The number of rotatable bonds is 9. The van der Waals surface area contributed by atoms with Crippen LogP contribution in [-0.2, 0) is 6.42 Å². The number of aryl methyl sites for hydroxylation is 1. The maximum Gasteiger partial charge on any atom is 0.0167 e. The Balaban J connectivity index is 2.24. The summed E-state index contributed by atoms with van der Waals surface area (Å²) in [4.78, 5) is 0. The number of hydrogen-bond donors (Lipinski definition) is 1. The molecule has 0 aliphatic rings. The van der Waals surface area contributed by atoms with Gasteiger partial charge in [0, 0.05) is 6.54 Å². The molecule has 1 aromatic carbocycles. The van der Waals surface area contributed by atoms with Gasteiger partial charge < -0.3 is 5.32 Å². The predicted octanol–water partition coefficient (Wildman–Crippen LogP) is 5.35. The topological polar surface area (TPSA) is 12.0 Å². The van der Waals surface area contributed by atoms with Crippen LogP contribution in [0.15, 0.2) is 54.3 Å². The van der Waals surface area contributed by atoms with Gasteiger partial charge in [0.2, 0.25) is 0 Å². The maximum absolute atomic E-state index is 3.49. The molecule has 21 heavy (non-hydrogen) atoms. The Morgan fingerprint density at radius 3 is 2.48 bits per heavy atom. The van der Waals surface area contributed by atoms with Crippen molar-refractivity contribution in [3.05, 3.63) is 59.8 Å². The fourth-order valence-corrected chi connectivity index (χ4v) is 2.38. The summed E-state index contributed by atoms with van der Waals surface area (Å²) in [6.45, 7) is 9.93. The van der Waals surface area contributed by atoms with Crippen molar-refractivity contribution in [2.75, 3.05) is 6.54 Å². The van der Waals surface area contributed by atoms with Crippen LogP contribution in [0.25, 0.3) is 0 Å². The standard InChI is InChI=1S/C20H31N/c1-5-10-20(17(2)3)16-21-15-18(4)11-9-14-19-12-7-6-8-13-19/h5-8,10,12-13,16-18,21H,9,11,14-15H2,1-4H3/b10-5-,20-16-. The van der Waals surface area contributed by atoms with E-state index in [1.54, 1.807) is 0 Å². The number of hydrogen-bond acceptors (Lipinski definition) is 1. The van der Waals surface area contributed by atoms with Crippen molar-refractivity contribution in [1.82, 2.24) is 5.32 Å². The zero-order chi connectivity index (χ0) is 15.5. The lowest BCUT2D eigenvalue weighted by atomic mass is 10.0. The summed E-state index contributed by atoms with van der Waals surface area (Å²) < 4.78 is 0. The number of benzene rings is 1. The normalized spacial score (nSPS) is 13.9. The van der Waals surface area contributed by atoms with E-state index in [1.165, 1.54) is 30.4 Å². The Kier molecular flexibility index (Phi) is 8.57. The molecule has 0 spiro atoms. The second kappa shape index (κ2) is 10.3. The van der Waals surface area contributed by atoms with E-state index in [0.29, 0.717) is 11.8 Å². The molecular weight excluding hydrogens is 254 g/mol. The monoisotopic (exact) mass is 285 g/mol. The van der Waals surface area contributed by atoms with Gasteiger partial charge in [-0.05, 0) is 55.4 Å². The van der Waals surface area contributed by atoms with E-state index >= 15 is 0 Å². The molecule has 1 rings (SSSR count). The molecule has 0 aliphatic carbocycles. The van der Waals surface area contributed by atoms with E-state index in [9.17, 15) is 0 Å². The highest BCUT2D eigenvalue weighted by Gasteiger charge is 2.02. The van der Waals surface area contributed by atoms with Gasteiger partial charge in [-0.2, -0.15) is 0 Å². The van der Waals surface area contributed by atoms with Crippen molar-refractivity contribution in [3.8, 4) is 0 Å². The molecule has 0 fully saturated rings. The molecule has 0 saturated carbocycles. The van der Waals surface area contributed by atoms with Crippen LogP contribution in [0.2, 0.25) is 0 Å². The van der Waals surface area contributed by atoms with Gasteiger partial charge >= 0.3 is 0 Å². The zero-order valence-corrected chi connectivity index (χ0v) is 14.1. The smallest absolute Gasteiger partial charge is 0.0167 e. The van der Waals surface area contributed by atoms with Gasteiger partial charge in [-0.15, -0.1) is 0 Å². The molecule has 1 N–H and O–H groups in total. The second-order valence-corrected chi connectivity index (χ2v) is 6.19. The molecule has 0 aromatic heterocycles. The van der Waals surface area contributed by atoms with Crippen LogP contribution < -0.4 is 5.32 Å². The third kappa shape index (κ3) is 7.75. The Labute approximate surface area is 131 Å². The average molecular weight is 285 g/mol. The van der Waals surface area contributed by atoms with Gasteiger partial charge in [-0.25, -0.2) is 0 Å². The lowest BCUT2D eigenvalue weighted by Crippen LogP contribution is -2.17. The highest BCUT2D eigenvalue weighted by atomic mass is 14.8. The second-order valence-electron chi connectivity index (χ2n) is 6.19. The minimum absolute atomic E-state index is 0.571. The minimum atomic E-state index is 0.571. The predicted molar refractivity (Wildman–Crippen MR) is 94.3 cm³/mol. The first-order valence-corrected chi connectivity index (χ1v) is 8.23. The van der Waals surface area contributed by atoms with E-state index < -0.39 is 0 Å². The molecule has 1 nitrogen and oxygen atoms in total. The Hall–Kier alpha value is -1.50. The molecule has 1 atom stereocenters. The summed E-state index contributed by atoms with van der Waals surface area (Å²) in [5.74, 6) is 1.28. The lowest BCUT2D eigenvalue weighted by Gasteiger charge is -2.13. The fourth-order valence-electron chi connectivity index (χ4n) is 2.38. The number of nitrogens with one attached hydrogen (secondary N) is 1. The van der Waals surface area contributed by atoms with Crippen LogP contribution in [0.5, 0.6) is 0 Å².